The Morgan fingerprint density at radius 2 is 1.76 bits per heavy atom. The summed E-state index contributed by atoms with van der Waals surface area (Å²) >= 11 is 7.08. The Hall–Kier alpha value is -1.85. The van der Waals surface area contributed by atoms with Gasteiger partial charge in [0.2, 0.25) is 0 Å². The first-order chi connectivity index (χ1) is 12.0. The first-order valence-corrected chi connectivity index (χ1v) is 9.59. The van der Waals surface area contributed by atoms with Gasteiger partial charge in [0.05, 0.1) is 5.69 Å². The van der Waals surface area contributed by atoms with Crippen molar-refractivity contribution in [2.24, 2.45) is 0 Å². The molecule has 0 aromatic heterocycles. The summed E-state index contributed by atoms with van der Waals surface area (Å²) in [6.45, 7) is 3.99. The normalized spacial score (nSPS) is 10.9. The van der Waals surface area contributed by atoms with Crippen molar-refractivity contribution in [2.45, 2.75) is 20.3 Å². The van der Waals surface area contributed by atoms with E-state index in [2.05, 4.69) is 37.2 Å². The van der Waals surface area contributed by atoms with E-state index in [4.69, 9.17) is 5.73 Å². The highest BCUT2D eigenvalue weighted by Gasteiger charge is 2.19. The fourth-order valence-electron chi connectivity index (χ4n) is 3.01. The lowest BCUT2D eigenvalue weighted by atomic mass is 10.0. The Bertz CT molecular complexity index is 978. The zero-order valence-corrected chi connectivity index (χ0v) is 17.2. The van der Waals surface area contributed by atoms with Crippen LogP contribution in [0.15, 0.2) is 51.4 Å². The second-order valence-corrected chi connectivity index (χ2v) is 7.44. The van der Waals surface area contributed by atoms with Crippen molar-refractivity contribution in [1.29, 1.82) is 0 Å². The lowest BCUT2D eigenvalue weighted by Crippen LogP contribution is -2.16. The minimum atomic E-state index is -0.127. The molecule has 0 aliphatic carbocycles. The van der Waals surface area contributed by atoms with Crippen LogP contribution in [-0.4, -0.2) is 5.91 Å². The van der Waals surface area contributed by atoms with E-state index < -0.39 is 0 Å². The molecule has 0 radical (unpaired) electrons. The molecule has 3 rings (SSSR count). The van der Waals surface area contributed by atoms with Crippen molar-refractivity contribution >= 4 is 59.9 Å². The molecule has 0 bridgehead atoms. The summed E-state index contributed by atoms with van der Waals surface area (Å²) in [4.78, 5) is 13.0. The number of rotatable bonds is 3. The monoisotopic (exact) mass is 460 g/mol. The predicted octanol–water partition coefficient (Wildman–Crippen LogP) is 6.07. The van der Waals surface area contributed by atoms with Gasteiger partial charge in [0.25, 0.3) is 5.91 Å². The zero-order valence-electron chi connectivity index (χ0n) is 14.0. The number of carbonyl (C=O) groups excluding carboxylic acids is 1. The van der Waals surface area contributed by atoms with E-state index in [0.717, 1.165) is 43.0 Å². The molecular weight excluding hydrogens is 444 g/mol. The highest BCUT2D eigenvalue weighted by Crippen LogP contribution is 2.41. The Balaban J connectivity index is 2.10. The van der Waals surface area contributed by atoms with E-state index in [1.54, 1.807) is 0 Å². The van der Waals surface area contributed by atoms with E-state index in [0.29, 0.717) is 11.3 Å². The van der Waals surface area contributed by atoms with Crippen LogP contribution in [0.4, 0.5) is 11.4 Å². The predicted molar refractivity (Wildman–Crippen MR) is 112 cm³/mol. The lowest BCUT2D eigenvalue weighted by molar-refractivity contribution is 0.102. The van der Waals surface area contributed by atoms with Gasteiger partial charge in [-0.1, -0.05) is 43.3 Å². The van der Waals surface area contributed by atoms with Gasteiger partial charge in [-0.3, -0.25) is 4.79 Å². The van der Waals surface area contributed by atoms with Gasteiger partial charge in [-0.05, 0) is 73.2 Å². The molecule has 0 unspecified atom stereocenters. The number of nitrogens with two attached hydrogens (primary N) is 1. The molecule has 0 spiro atoms. The van der Waals surface area contributed by atoms with Crippen LogP contribution in [0.25, 0.3) is 10.8 Å². The number of hydrogen-bond acceptors (Lipinski definition) is 2. The van der Waals surface area contributed by atoms with Crippen molar-refractivity contribution in [3.8, 4) is 0 Å². The number of anilines is 2. The average molecular weight is 462 g/mol. The van der Waals surface area contributed by atoms with Gasteiger partial charge in [-0.25, -0.2) is 0 Å². The van der Waals surface area contributed by atoms with Crippen molar-refractivity contribution in [2.75, 3.05) is 11.1 Å². The largest absolute Gasteiger partial charge is 0.397 e. The average Bonchev–Trinajstić information content (AvgIpc) is 2.64. The number of halogens is 2. The van der Waals surface area contributed by atoms with Gasteiger partial charge < -0.3 is 11.1 Å². The molecular formula is C20H18Br2N2O. The van der Waals surface area contributed by atoms with E-state index in [-0.39, 0.29) is 5.91 Å². The molecule has 3 nitrogen and oxygen atoms in total. The molecule has 3 N–H and O–H groups in total. The number of hydrogen-bond donors (Lipinski definition) is 2. The van der Waals surface area contributed by atoms with Gasteiger partial charge in [0, 0.05) is 20.2 Å². The van der Waals surface area contributed by atoms with Crippen LogP contribution in [0.5, 0.6) is 0 Å². The third-order valence-corrected chi connectivity index (χ3v) is 6.30. The maximum Gasteiger partial charge on any atom is 0.256 e. The second kappa shape index (κ2) is 7.18. The fourth-order valence-corrected chi connectivity index (χ4v) is 4.35. The summed E-state index contributed by atoms with van der Waals surface area (Å²) in [5, 5.41) is 5.07. The Morgan fingerprint density at radius 1 is 1.08 bits per heavy atom. The Labute approximate surface area is 163 Å². The number of nitrogen functional groups attached to an aromatic ring is 1. The number of carbonyl (C=O) groups is 1. The van der Waals surface area contributed by atoms with Crippen molar-refractivity contribution in [1.82, 2.24) is 0 Å². The van der Waals surface area contributed by atoms with Crippen LogP contribution >= 0.6 is 31.9 Å². The smallest absolute Gasteiger partial charge is 0.256 e. The molecule has 128 valence electrons. The fraction of sp³-hybridized carbons (Fsp3) is 0.150. The molecule has 0 aliphatic rings. The summed E-state index contributed by atoms with van der Waals surface area (Å²) in [7, 11) is 0. The Morgan fingerprint density at radius 3 is 2.48 bits per heavy atom. The number of nitrogens with one attached hydrogen (secondary N) is 1. The van der Waals surface area contributed by atoms with Gasteiger partial charge in [-0.15, -0.1) is 0 Å². The van der Waals surface area contributed by atoms with Crippen molar-refractivity contribution in [3.05, 3.63) is 68.1 Å². The molecule has 0 aliphatic heterocycles. The quantitative estimate of drug-likeness (QED) is 0.465. The van der Waals surface area contributed by atoms with Crippen LogP contribution in [0.3, 0.4) is 0 Å². The molecule has 0 fully saturated rings. The molecule has 3 aromatic rings. The Kier molecular flexibility index (Phi) is 5.16. The number of fused-ring (bicyclic) bond motifs is 1. The first-order valence-electron chi connectivity index (χ1n) is 8.00. The van der Waals surface area contributed by atoms with E-state index in [1.807, 2.05) is 56.3 Å². The summed E-state index contributed by atoms with van der Waals surface area (Å²) < 4.78 is 1.62. The van der Waals surface area contributed by atoms with Crippen molar-refractivity contribution < 1.29 is 4.79 Å². The van der Waals surface area contributed by atoms with Gasteiger partial charge in [0.1, 0.15) is 0 Å². The molecule has 3 aromatic carbocycles. The summed E-state index contributed by atoms with van der Waals surface area (Å²) in [5.74, 6) is -0.127. The van der Waals surface area contributed by atoms with Crippen LogP contribution in [0.2, 0.25) is 0 Å². The molecule has 0 saturated carbocycles. The molecule has 5 heteroatoms. The standard InChI is InChI=1S/C20H18Br2N2O/c1-3-13-17(22)18(23)16(21)11(2)19(13)24-20(25)15-10-6-8-12-7-4-5-9-14(12)15/h4-10H,3,23H2,1-2H3,(H,24,25). The molecule has 1 amide bonds. The SMILES string of the molecule is CCc1c(Br)c(N)c(Br)c(C)c1NC(=O)c1cccc2ccccc12. The van der Waals surface area contributed by atoms with Crippen LogP contribution in [-0.2, 0) is 6.42 Å². The van der Waals surface area contributed by atoms with Crippen LogP contribution in [0.1, 0.15) is 28.4 Å². The molecule has 0 heterocycles. The number of amides is 1. The van der Waals surface area contributed by atoms with Crippen LogP contribution < -0.4 is 11.1 Å². The summed E-state index contributed by atoms with van der Waals surface area (Å²) in [6, 6.07) is 13.6. The van der Waals surface area contributed by atoms with E-state index in [9.17, 15) is 4.79 Å². The topological polar surface area (TPSA) is 55.1 Å². The first kappa shape index (κ1) is 18.0. The number of benzene rings is 3. The van der Waals surface area contributed by atoms with E-state index >= 15 is 0 Å². The highest BCUT2D eigenvalue weighted by molar-refractivity contribution is 9.11. The van der Waals surface area contributed by atoms with Gasteiger partial charge in [0.15, 0.2) is 0 Å². The maximum atomic E-state index is 13.0. The van der Waals surface area contributed by atoms with Crippen molar-refractivity contribution in [3.63, 3.8) is 0 Å². The third kappa shape index (κ3) is 3.18. The van der Waals surface area contributed by atoms with Gasteiger partial charge in [-0.2, -0.15) is 0 Å². The lowest BCUT2D eigenvalue weighted by Gasteiger charge is -2.19. The van der Waals surface area contributed by atoms with E-state index in [1.165, 1.54) is 0 Å². The van der Waals surface area contributed by atoms with Crippen LogP contribution in [0, 0.1) is 6.92 Å². The second-order valence-electron chi connectivity index (χ2n) is 5.85. The van der Waals surface area contributed by atoms with Gasteiger partial charge >= 0.3 is 0 Å². The molecule has 0 saturated heterocycles. The summed E-state index contributed by atoms with van der Waals surface area (Å²) in [6.07, 6.45) is 0.754. The molecule has 25 heavy (non-hydrogen) atoms. The zero-order chi connectivity index (χ0) is 18.1. The summed E-state index contributed by atoms with van der Waals surface area (Å²) in [5.41, 5.74) is 10.2. The minimum absolute atomic E-state index is 0.127. The minimum Gasteiger partial charge on any atom is -0.397 e. The molecule has 0 atom stereocenters. The highest BCUT2D eigenvalue weighted by atomic mass is 79.9. The third-order valence-electron chi connectivity index (χ3n) is 4.37. The maximum absolute atomic E-state index is 13.0.